The first-order valence-electron chi connectivity index (χ1n) is 12.4. The molecule has 5 heteroatoms. The lowest BCUT2D eigenvalue weighted by Gasteiger charge is -2.55. The van der Waals surface area contributed by atoms with Crippen LogP contribution >= 0.6 is 0 Å². The number of ether oxygens (including phenoxy) is 2. The lowest BCUT2D eigenvalue weighted by Crippen LogP contribution is -2.53. The first kappa shape index (κ1) is 21.3. The number of nitrogens with zero attached hydrogens (tertiary/aromatic N) is 1. The van der Waals surface area contributed by atoms with Gasteiger partial charge in [-0.05, 0) is 93.9 Å². The highest BCUT2D eigenvalue weighted by Crippen LogP contribution is 2.60. The molecule has 0 radical (unpaired) electrons. The Bertz CT molecular complexity index is 738. The van der Waals surface area contributed by atoms with E-state index in [9.17, 15) is 4.79 Å². The van der Waals surface area contributed by atoms with Crippen molar-refractivity contribution in [3.8, 4) is 5.75 Å². The Morgan fingerprint density at radius 1 is 1.13 bits per heavy atom. The maximum atomic E-state index is 13.2. The molecule has 5 fully saturated rings. The van der Waals surface area contributed by atoms with Crippen LogP contribution in [-0.2, 0) is 16.1 Å². The summed E-state index contributed by atoms with van der Waals surface area (Å²) < 4.78 is 11.5. The fourth-order valence-electron chi connectivity index (χ4n) is 7.12. The molecule has 4 saturated carbocycles. The molecule has 5 nitrogen and oxygen atoms in total. The average molecular weight is 427 g/mol. The lowest BCUT2D eigenvalue weighted by molar-refractivity contribution is -0.146. The molecule has 0 aromatic heterocycles. The van der Waals surface area contributed by atoms with Gasteiger partial charge >= 0.3 is 0 Å². The second kappa shape index (κ2) is 9.11. The molecule has 4 bridgehead atoms. The minimum absolute atomic E-state index is 0.0718. The van der Waals surface area contributed by atoms with Gasteiger partial charge in [0.15, 0.2) is 0 Å². The first-order valence-corrected chi connectivity index (χ1v) is 12.4. The predicted molar refractivity (Wildman–Crippen MR) is 121 cm³/mol. The lowest BCUT2D eigenvalue weighted by atomic mass is 9.49. The number of hydrogen-bond acceptors (Lipinski definition) is 4. The molecule has 4 aliphatic carbocycles. The van der Waals surface area contributed by atoms with Gasteiger partial charge in [-0.15, -0.1) is 0 Å². The molecule has 1 amide bonds. The molecule has 1 aliphatic heterocycles. The van der Waals surface area contributed by atoms with Crippen molar-refractivity contribution in [1.82, 2.24) is 10.2 Å². The van der Waals surface area contributed by atoms with Gasteiger partial charge in [-0.2, -0.15) is 0 Å². The van der Waals surface area contributed by atoms with Gasteiger partial charge in [0.1, 0.15) is 12.4 Å². The molecule has 0 atom stereocenters. The van der Waals surface area contributed by atoms with E-state index in [1.807, 2.05) is 12.1 Å². The van der Waals surface area contributed by atoms with Crippen LogP contribution in [-0.4, -0.2) is 50.3 Å². The van der Waals surface area contributed by atoms with Crippen molar-refractivity contribution in [2.45, 2.75) is 64.0 Å². The SMILES string of the molecule is CN(CCOc1cccc(CNC(=O)C23CC4CC(CC(C4)C2)C3)c1)C1CCOCC1. The minimum atomic E-state index is -0.0718. The Kier molecular flexibility index (Phi) is 6.25. The molecule has 1 N–H and O–H groups in total. The van der Waals surface area contributed by atoms with Gasteiger partial charge in [-0.25, -0.2) is 0 Å². The van der Waals surface area contributed by atoms with Crippen LogP contribution in [0.25, 0.3) is 0 Å². The molecule has 1 heterocycles. The number of rotatable bonds is 8. The summed E-state index contributed by atoms with van der Waals surface area (Å²) in [5.41, 5.74) is 1.05. The van der Waals surface area contributed by atoms with Gasteiger partial charge in [0, 0.05) is 37.8 Å². The van der Waals surface area contributed by atoms with E-state index in [4.69, 9.17) is 9.47 Å². The number of likely N-dealkylation sites (N-methyl/N-ethyl adjacent to an activating group) is 1. The third kappa shape index (κ3) is 4.78. The van der Waals surface area contributed by atoms with E-state index in [0.29, 0.717) is 25.1 Å². The van der Waals surface area contributed by atoms with Gasteiger partial charge in [-0.1, -0.05) is 12.1 Å². The summed E-state index contributed by atoms with van der Waals surface area (Å²) in [5, 5.41) is 3.29. The van der Waals surface area contributed by atoms with Crippen molar-refractivity contribution in [3.63, 3.8) is 0 Å². The monoisotopic (exact) mass is 426 g/mol. The summed E-state index contributed by atoms with van der Waals surface area (Å²) in [7, 11) is 2.18. The Labute approximate surface area is 186 Å². The fourth-order valence-corrected chi connectivity index (χ4v) is 7.12. The Hall–Kier alpha value is -1.59. The zero-order valence-corrected chi connectivity index (χ0v) is 19.0. The molecular formula is C26H38N2O3. The van der Waals surface area contributed by atoms with Gasteiger partial charge < -0.3 is 14.8 Å². The molecule has 170 valence electrons. The highest BCUT2D eigenvalue weighted by Gasteiger charge is 2.54. The topological polar surface area (TPSA) is 50.8 Å². The molecule has 0 unspecified atom stereocenters. The van der Waals surface area contributed by atoms with Crippen LogP contribution in [0.4, 0.5) is 0 Å². The highest BCUT2D eigenvalue weighted by atomic mass is 16.5. The average Bonchev–Trinajstić information content (AvgIpc) is 2.77. The second-order valence-corrected chi connectivity index (χ2v) is 10.7. The molecule has 1 aromatic carbocycles. The van der Waals surface area contributed by atoms with E-state index in [1.165, 1.54) is 19.3 Å². The van der Waals surface area contributed by atoms with E-state index in [2.05, 4.69) is 29.4 Å². The van der Waals surface area contributed by atoms with Crippen LogP contribution in [0.5, 0.6) is 5.75 Å². The molecule has 6 rings (SSSR count). The van der Waals surface area contributed by atoms with Crippen LogP contribution in [0.1, 0.15) is 56.9 Å². The van der Waals surface area contributed by atoms with Gasteiger partial charge in [0.2, 0.25) is 5.91 Å². The van der Waals surface area contributed by atoms with Crippen molar-refractivity contribution in [2.24, 2.45) is 23.2 Å². The van der Waals surface area contributed by atoms with E-state index in [-0.39, 0.29) is 5.41 Å². The number of carbonyl (C=O) groups is 1. The van der Waals surface area contributed by atoms with E-state index < -0.39 is 0 Å². The minimum Gasteiger partial charge on any atom is -0.492 e. The number of carbonyl (C=O) groups excluding carboxylic acids is 1. The van der Waals surface area contributed by atoms with Crippen LogP contribution < -0.4 is 10.1 Å². The fraction of sp³-hybridized carbons (Fsp3) is 0.731. The zero-order chi connectivity index (χ0) is 21.3. The summed E-state index contributed by atoms with van der Waals surface area (Å²) in [4.78, 5) is 15.6. The number of benzene rings is 1. The summed E-state index contributed by atoms with van der Waals surface area (Å²) in [6.45, 7) is 3.92. The molecular weight excluding hydrogens is 388 g/mol. The third-order valence-electron chi connectivity index (χ3n) is 8.40. The van der Waals surface area contributed by atoms with Crippen LogP contribution in [0.15, 0.2) is 24.3 Å². The highest BCUT2D eigenvalue weighted by molar-refractivity contribution is 5.83. The van der Waals surface area contributed by atoms with Gasteiger partial charge in [0.05, 0.1) is 0 Å². The smallest absolute Gasteiger partial charge is 0.226 e. The van der Waals surface area contributed by atoms with Gasteiger partial charge in [0.25, 0.3) is 0 Å². The predicted octanol–water partition coefficient (Wildman–Crippen LogP) is 4.01. The van der Waals surface area contributed by atoms with Crippen molar-refractivity contribution in [3.05, 3.63) is 29.8 Å². The summed E-state index contributed by atoms with van der Waals surface area (Å²) in [6.07, 6.45) is 9.68. The zero-order valence-electron chi connectivity index (χ0n) is 19.0. The first-order chi connectivity index (χ1) is 15.1. The standard InChI is InChI=1S/C26H38N2O3/c1-28(23-5-8-30-9-6-23)7-10-31-24-4-2-3-19(14-24)18-27-25(29)26-15-20-11-21(16-26)13-22(12-20)17-26/h2-4,14,20-23H,5-13,15-18H2,1H3,(H,27,29). The Balaban J connectivity index is 1.10. The van der Waals surface area contributed by atoms with Crippen molar-refractivity contribution in [2.75, 3.05) is 33.4 Å². The third-order valence-corrected chi connectivity index (χ3v) is 8.40. The van der Waals surface area contributed by atoms with Crippen LogP contribution in [0.2, 0.25) is 0 Å². The Morgan fingerprint density at radius 2 is 1.81 bits per heavy atom. The summed E-state index contributed by atoms with van der Waals surface area (Å²) in [6, 6.07) is 8.81. The maximum Gasteiger partial charge on any atom is 0.226 e. The Morgan fingerprint density at radius 3 is 2.48 bits per heavy atom. The molecule has 31 heavy (non-hydrogen) atoms. The number of nitrogens with one attached hydrogen (secondary N) is 1. The quantitative estimate of drug-likeness (QED) is 0.682. The van der Waals surface area contributed by atoms with Gasteiger partial charge in [-0.3, -0.25) is 9.69 Å². The largest absolute Gasteiger partial charge is 0.492 e. The second-order valence-electron chi connectivity index (χ2n) is 10.7. The van der Waals surface area contributed by atoms with Crippen molar-refractivity contribution in [1.29, 1.82) is 0 Å². The van der Waals surface area contributed by atoms with E-state index >= 15 is 0 Å². The van der Waals surface area contributed by atoms with Crippen LogP contribution in [0, 0.1) is 23.2 Å². The summed E-state index contributed by atoms with van der Waals surface area (Å²) >= 11 is 0. The number of amides is 1. The number of hydrogen-bond donors (Lipinski definition) is 1. The van der Waals surface area contributed by atoms with Crippen molar-refractivity contribution < 1.29 is 14.3 Å². The van der Waals surface area contributed by atoms with Crippen LogP contribution in [0.3, 0.4) is 0 Å². The van der Waals surface area contributed by atoms with E-state index in [0.717, 1.165) is 80.9 Å². The maximum absolute atomic E-state index is 13.2. The summed E-state index contributed by atoms with van der Waals surface area (Å²) in [5.74, 6) is 3.59. The molecule has 1 aromatic rings. The molecule has 0 spiro atoms. The molecule has 5 aliphatic rings. The van der Waals surface area contributed by atoms with E-state index in [1.54, 1.807) is 0 Å². The van der Waals surface area contributed by atoms with Crippen molar-refractivity contribution >= 4 is 5.91 Å². The molecule has 1 saturated heterocycles. The normalized spacial score (nSPS) is 32.4.